The number of benzene rings is 1. The van der Waals surface area contributed by atoms with Crippen molar-refractivity contribution in [3.05, 3.63) is 29.8 Å². The maximum absolute atomic E-state index is 12.3. The van der Waals surface area contributed by atoms with Crippen LogP contribution in [-0.4, -0.2) is 12.0 Å². The summed E-state index contributed by atoms with van der Waals surface area (Å²) in [7, 11) is 0. The molecule has 0 saturated heterocycles. The molecule has 0 fully saturated rings. The maximum Gasteiger partial charge on any atom is 0.416 e. The maximum atomic E-state index is 12.3. The Labute approximate surface area is 103 Å². The molecule has 0 aliphatic rings. The monoisotopic (exact) mass is 260 g/mol. The second-order valence-electron chi connectivity index (χ2n) is 3.92. The number of anilines is 1. The number of hydrazine groups is 1. The van der Waals surface area contributed by atoms with E-state index in [9.17, 15) is 13.2 Å². The molecule has 0 aliphatic carbocycles. The molecule has 0 amide bonds. The number of aliphatic imine (C=N–C) groups is 1. The molecule has 1 rings (SSSR count). The molecule has 0 atom stereocenters. The summed E-state index contributed by atoms with van der Waals surface area (Å²) in [6.45, 7) is 3.71. The van der Waals surface area contributed by atoms with E-state index in [1.54, 1.807) is 0 Å². The fraction of sp³-hybridized carbons (Fsp3) is 0.364. The summed E-state index contributed by atoms with van der Waals surface area (Å²) < 4.78 is 37.0. The standard InChI is InChI=1S/C11H15F3N4/c1-7(2)16-10(18-15)17-9-5-3-8(4-6-9)11(12,13)14/h3-7H,15H2,1-2H3,(H2,16,17,18). The van der Waals surface area contributed by atoms with Crippen LogP contribution in [0.4, 0.5) is 18.9 Å². The first kappa shape index (κ1) is 14.3. The molecule has 0 spiro atoms. The molecule has 1 aromatic rings. The van der Waals surface area contributed by atoms with E-state index < -0.39 is 11.7 Å². The number of nitrogens with zero attached hydrogens (tertiary/aromatic N) is 1. The predicted molar refractivity (Wildman–Crippen MR) is 65.0 cm³/mol. The molecule has 0 unspecified atom stereocenters. The number of rotatable bonds is 2. The molecule has 0 heterocycles. The van der Waals surface area contributed by atoms with Gasteiger partial charge in [-0.1, -0.05) is 0 Å². The van der Waals surface area contributed by atoms with Gasteiger partial charge in [0.1, 0.15) is 0 Å². The lowest BCUT2D eigenvalue weighted by molar-refractivity contribution is -0.137. The zero-order valence-electron chi connectivity index (χ0n) is 10.0. The molecule has 0 bridgehead atoms. The van der Waals surface area contributed by atoms with Crippen LogP contribution < -0.4 is 16.6 Å². The van der Waals surface area contributed by atoms with Crippen molar-refractivity contribution in [1.82, 2.24) is 5.43 Å². The normalized spacial score (nSPS) is 12.7. The number of hydrogen-bond acceptors (Lipinski definition) is 2. The van der Waals surface area contributed by atoms with Gasteiger partial charge in [0.05, 0.1) is 5.56 Å². The first-order valence-corrected chi connectivity index (χ1v) is 5.31. The van der Waals surface area contributed by atoms with E-state index in [1.165, 1.54) is 12.1 Å². The lowest BCUT2D eigenvalue weighted by Crippen LogP contribution is -2.36. The minimum atomic E-state index is -4.33. The Kier molecular flexibility index (Phi) is 4.55. The van der Waals surface area contributed by atoms with E-state index >= 15 is 0 Å². The fourth-order valence-corrected chi connectivity index (χ4v) is 1.24. The number of nitrogens with one attached hydrogen (secondary N) is 2. The van der Waals surface area contributed by atoms with Crippen molar-refractivity contribution in [2.24, 2.45) is 10.8 Å². The molecule has 0 radical (unpaired) electrons. The van der Waals surface area contributed by atoms with Crippen molar-refractivity contribution >= 4 is 11.6 Å². The Balaban J connectivity index is 2.80. The second kappa shape index (κ2) is 5.72. The minimum Gasteiger partial charge on any atom is -0.325 e. The van der Waals surface area contributed by atoms with E-state index in [2.05, 4.69) is 15.7 Å². The number of nitrogens with two attached hydrogens (primary N) is 1. The van der Waals surface area contributed by atoms with Crippen LogP contribution in [0.5, 0.6) is 0 Å². The van der Waals surface area contributed by atoms with Crippen LogP contribution in [0, 0.1) is 0 Å². The summed E-state index contributed by atoms with van der Waals surface area (Å²) >= 11 is 0. The average Bonchev–Trinajstić information content (AvgIpc) is 2.27. The van der Waals surface area contributed by atoms with E-state index in [0.717, 1.165) is 12.1 Å². The summed E-state index contributed by atoms with van der Waals surface area (Å²) in [6, 6.07) is 4.63. The fourth-order valence-electron chi connectivity index (χ4n) is 1.24. The van der Waals surface area contributed by atoms with Crippen LogP contribution >= 0.6 is 0 Å². The van der Waals surface area contributed by atoms with E-state index in [1.807, 2.05) is 13.8 Å². The van der Waals surface area contributed by atoms with E-state index in [0.29, 0.717) is 11.6 Å². The molecule has 7 heteroatoms. The van der Waals surface area contributed by atoms with Gasteiger partial charge < -0.3 is 5.32 Å². The lowest BCUT2D eigenvalue weighted by Gasteiger charge is -2.11. The van der Waals surface area contributed by atoms with Crippen molar-refractivity contribution < 1.29 is 13.2 Å². The molecule has 0 aliphatic heterocycles. The first-order chi connectivity index (χ1) is 8.32. The van der Waals surface area contributed by atoms with Gasteiger partial charge in [0.25, 0.3) is 0 Å². The van der Waals surface area contributed by atoms with Gasteiger partial charge in [-0.15, -0.1) is 0 Å². The Morgan fingerprint density at radius 3 is 2.17 bits per heavy atom. The van der Waals surface area contributed by atoms with Gasteiger partial charge in [0, 0.05) is 11.7 Å². The smallest absolute Gasteiger partial charge is 0.325 e. The van der Waals surface area contributed by atoms with Crippen LogP contribution in [-0.2, 0) is 6.18 Å². The molecular formula is C11H15F3N4. The molecule has 0 saturated carbocycles. The van der Waals surface area contributed by atoms with Crippen molar-refractivity contribution in [1.29, 1.82) is 0 Å². The summed E-state index contributed by atoms with van der Waals surface area (Å²) in [5.74, 6) is 5.54. The van der Waals surface area contributed by atoms with Gasteiger partial charge in [-0.25, -0.2) is 10.8 Å². The van der Waals surface area contributed by atoms with Gasteiger partial charge in [-0.3, -0.25) is 5.43 Å². The zero-order valence-corrected chi connectivity index (χ0v) is 10.0. The van der Waals surface area contributed by atoms with Crippen LogP contribution in [0.3, 0.4) is 0 Å². The second-order valence-corrected chi connectivity index (χ2v) is 3.92. The van der Waals surface area contributed by atoms with Gasteiger partial charge in [0.15, 0.2) is 0 Å². The van der Waals surface area contributed by atoms with Crippen molar-refractivity contribution in [2.45, 2.75) is 26.1 Å². The minimum absolute atomic E-state index is 0.0120. The number of alkyl halides is 3. The molecule has 0 aromatic heterocycles. The largest absolute Gasteiger partial charge is 0.416 e. The van der Waals surface area contributed by atoms with Crippen molar-refractivity contribution in [3.63, 3.8) is 0 Å². The van der Waals surface area contributed by atoms with E-state index in [4.69, 9.17) is 5.84 Å². The molecule has 100 valence electrons. The highest BCUT2D eigenvalue weighted by Gasteiger charge is 2.29. The summed E-state index contributed by atoms with van der Waals surface area (Å²) in [5, 5.41) is 2.79. The first-order valence-electron chi connectivity index (χ1n) is 5.31. The molecule has 4 nitrogen and oxygen atoms in total. The van der Waals surface area contributed by atoms with Gasteiger partial charge >= 0.3 is 6.18 Å². The van der Waals surface area contributed by atoms with Gasteiger partial charge in [0.2, 0.25) is 5.96 Å². The molecule has 1 aromatic carbocycles. The summed E-state index contributed by atoms with van der Waals surface area (Å²) in [6.07, 6.45) is -4.33. The van der Waals surface area contributed by atoms with Crippen molar-refractivity contribution in [3.8, 4) is 0 Å². The SMILES string of the molecule is CC(C)N=C(NN)Nc1ccc(C(F)(F)F)cc1. The summed E-state index contributed by atoms with van der Waals surface area (Å²) in [5.41, 5.74) is 2.12. The van der Waals surface area contributed by atoms with Crippen LogP contribution in [0.1, 0.15) is 19.4 Å². The van der Waals surface area contributed by atoms with Crippen molar-refractivity contribution in [2.75, 3.05) is 5.32 Å². The molecular weight excluding hydrogens is 245 g/mol. The summed E-state index contributed by atoms with van der Waals surface area (Å²) in [4.78, 5) is 4.11. The van der Waals surface area contributed by atoms with Crippen LogP contribution in [0.25, 0.3) is 0 Å². The lowest BCUT2D eigenvalue weighted by atomic mass is 10.2. The number of halogens is 3. The third-order valence-electron chi connectivity index (χ3n) is 2.00. The third kappa shape index (κ3) is 4.25. The topological polar surface area (TPSA) is 62.4 Å². The Morgan fingerprint density at radius 1 is 1.22 bits per heavy atom. The Morgan fingerprint density at radius 2 is 1.78 bits per heavy atom. The number of guanidine groups is 1. The highest BCUT2D eigenvalue weighted by atomic mass is 19.4. The Hall–Kier alpha value is -1.76. The highest BCUT2D eigenvalue weighted by Crippen LogP contribution is 2.29. The van der Waals surface area contributed by atoms with E-state index in [-0.39, 0.29) is 6.04 Å². The zero-order chi connectivity index (χ0) is 13.8. The van der Waals surface area contributed by atoms with Crippen LogP contribution in [0.15, 0.2) is 29.3 Å². The quantitative estimate of drug-likeness (QED) is 0.331. The van der Waals surface area contributed by atoms with Gasteiger partial charge in [-0.2, -0.15) is 13.2 Å². The molecule has 18 heavy (non-hydrogen) atoms. The van der Waals surface area contributed by atoms with Gasteiger partial charge in [-0.05, 0) is 38.1 Å². The molecule has 4 N–H and O–H groups in total. The number of hydrogen-bond donors (Lipinski definition) is 3. The Bertz CT molecular complexity index is 409. The highest BCUT2D eigenvalue weighted by molar-refractivity contribution is 5.93. The van der Waals surface area contributed by atoms with Crippen LogP contribution in [0.2, 0.25) is 0 Å². The third-order valence-corrected chi connectivity index (χ3v) is 2.00. The predicted octanol–water partition coefficient (Wildman–Crippen LogP) is 2.35. The average molecular weight is 260 g/mol.